The number of unbranched alkanes of at least 4 members (excludes halogenated alkanes) is 1. The number of amidine groups is 1. The zero-order chi connectivity index (χ0) is 9.84. The second-order valence-corrected chi connectivity index (χ2v) is 2.88. The molecule has 0 bridgehead atoms. The maximum Gasteiger partial charge on any atom is 2.00 e. The van der Waals surface area contributed by atoms with Crippen LogP contribution in [0.3, 0.4) is 0 Å². The van der Waals surface area contributed by atoms with Crippen molar-refractivity contribution < 1.29 is 15.0 Å². The van der Waals surface area contributed by atoms with E-state index in [4.69, 9.17) is 0 Å². The number of nitrogens with zero attached hydrogens (tertiary/aromatic N) is 2. The monoisotopic (exact) mass is 222 g/mol. The number of aliphatic imine (C=N–C) groups is 2. The van der Waals surface area contributed by atoms with E-state index < -0.39 is 23.7 Å². The molecule has 72 valence electrons. The number of hydrogen-bond acceptors (Lipinski definition) is 4. The minimum atomic E-state index is -0.970. The van der Waals surface area contributed by atoms with Gasteiger partial charge in [-0.05, 0) is 12.3 Å². The Morgan fingerprint density at radius 3 is 2.50 bits per heavy atom. The second-order valence-electron chi connectivity index (χ2n) is 2.88. The Morgan fingerprint density at radius 1 is 1.36 bits per heavy atom. The van der Waals surface area contributed by atoms with Crippen LogP contribution < -0.4 is 10.2 Å². The van der Waals surface area contributed by atoms with E-state index in [0.29, 0.717) is 6.42 Å². The van der Waals surface area contributed by atoms with Crippen LogP contribution in [0.1, 0.15) is 26.2 Å². The molecule has 0 saturated carbocycles. The standard InChI is InChI=1S/C8H12N2O3.Ca/c1-2-3-4-5-6(11)9-8(13)10-7(5)12;/h5H,2-4H2,1H3,(H2,9,10,11,12,13);/q;+2/p-2. The van der Waals surface area contributed by atoms with Crippen molar-refractivity contribution in [1.82, 2.24) is 0 Å². The number of hydrogen-bond donors (Lipinski definition) is 0. The fourth-order valence-corrected chi connectivity index (χ4v) is 1.13. The molecule has 1 atom stereocenters. The van der Waals surface area contributed by atoms with Gasteiger partial charge in [-0.15, -0.1) is 0 Å². The molecule has 0 saturated heterocycles. The third kappa shape index (κ3) is 3.55. The van der Waals surface area contributed by atoms with Crippen LogP contribution in [0.4, 0.5) is 0 Å². The Hall–Kier alpha value is -0.130. The van der Waals surface area contributed by atoms with Gasteiger partial charge in [0.05, 0.1) is 11.9 Å². The van der Waals surface area contributed by atoms with E-state index in [-0.39, 0.29) is 37.7 Å². The predicted molar refractivity (Wildman–Crippen MR) is 48.6 cm³/mol. The summed E-state index contributed by atoms with van der Waals surface area (Å²) < 4.78 is 0. The Balaban J connectivity index is 0.00000169. The van der Waals surface area contributed by atoms with Gasteiger partial charge in [-0.2, -0.15) is 0 Å². The Kier molecular flexibility index (Phi) is 6.31. The summed E-state index contributed by atoms with van der Waals surface area (Å²) in [4.78, 5) is 17.3. The zero-order valence-corrected chi connectivity index (χ0v) is 10.2. The number of carbonyl (C=O) groups is 1. The van der Waals surface area contributed by atoms with Crippen molar-refractivity contribution in [3.63, 3.8) is 0 Å². The van der Waals surface area contributed by atoms with Crippen molar-refractivity contribution in [3.8, 4) is 0 Å². The number of rotatable bonds is 3. The van der Waals surface area contributed by atoms with Gasteiger partial charge < -0.3 is 10.2 Å². The molecule has 0 N–H and O–H groups in total. The van der Waals surface area contributed by atoms with Crippen molar-refractivity contribution in [3.05, 3.63) is 0 Å². The Morgan fingerprint density at radius 2 is 2.00 bits per heavy atom. The number of amides is 1. The molecule has 0 aromatic heterocycles. The number of carbonyl (C=O) groups excluding carboxylic acids is 1. The SMILES string of the molecule is CCCCC1C(=O)N=C([O-])N=C1[O-].[Ca+2]. The summed E-state index contributed by atoms with van der Waals surface area (Å²) in [7, 11) is 0. The van der Waals surface area contributed by atoms with Crippen molar-refractivity contribution in [2.24, 2.45) is 15.9 Å². The molecule has 0 aromatic carbocycles. The third-order valence-electron chi connectivity index (χ3n) is 1.85. The van der Waals surface area contributed by atoms with Crippen LogP contribution >= 0.6 is 0 Å². The van der Waals surface area contributed by atoms with E-state index in [0.717, 1.165) is 12.8 Å². The average Bonchev–Trinajstić information content (AvgIpc) is 2.02. The van der Waals surface area contributed by atoms with Gasteiger partial charge in [-0.25, -0.2) is 4.99 Å². The van der Waals surface area contributed by atoms with Gasteiger partial charge >= 0.3 is 37.7 Å². The zero-order valence-electron chi connectivity index (χ0n) is 8.02. The first kappa shape index (κ1) is 13.9. The minimum absolute atomic E-state index is 0. The molecule has 0 aliphatic carbocycles. The van der Waals surface area contributed by atoms with Crippen molar-refractivity contribution >= 4 is 55.6 Å². The second kappa shape index (κ2) is 6.37. The van der Waals surface area contributed by atoms with Gasteiger partial charge in [0.2, 0.25) is 0 Å². The first-order chi connectivity index (χ1) is 6.15. The van der Waals surface area contributed by atoms with Crippen LogP contribution in [-0.4, -0.2) is 55.6 Å². The summed E-state index contributed by atoms with van der Waals surface area (Å²) in [6, 6.07) is -0.970. The molecule has 1 amide bonds. The van der Waals surface area contributed by atoms with E-state index in [2.05, 4.69) is 9.98 Å². The van der Waals surface area contributed by atoms with Gasteiger partial charge in [0.25, 0.3) is 5.91 Å². The molecule has 1 heterocycles. The Bertz CT molecular complexity index is 276. The van der Waals surface area contributed by atoms with E-state index in [1.807, 2.05) is 6.92 Å². The van der Waals surface area contributed by atoms with E-state index >= 15 is 0 Å². The molecule has 0 fully saturated rings. The van der Waals surface area contributed by atoms with Gasteiger partial charge in [-0.1, -0.05) is 19.8 Å². The molecule has 14 heavy (non-hydrogen) atoms. The quantitative estimate of drug-likeness (QED) is 0.540. The summed E-state index contributed by atoms with van der Waals surface area (Å²) in [5, 5.41) is 21.6. The fourth-order valence-electron chi connectivity index (χ4n) is 1.13. The summed E-state index contributed by atoms with van der Waals surface area (Å²) >= 11 is 0. The summed E-state index contributed by atoms with van der Waals surface area (Å²) in [5.74, 6) is -2.09. The van der Waals surface area contributed by atoms with Crippen LogP contribution in [-0.2, 0) is 4.79 Å². The molecule has 1 aliphatic heterocycles. The summed E-state index contributed by atoms with van der Waals surface area (Å²) in [5.41, 5.74) is 0. The van der Waals surface area contributed by atoms with Gasteiger partial charge in [0, 0.05) is 0 Å². The molecule has 0 aromatic rings. The minimum Gasteiger partial charge on any atom is -0.861 e. The average molecular weight is 222 g/mol. The molecular formula is C8H10CaN2O3. The van der Waals surface area contributed by atoms with Gasteiger partial charge in [-0.3, -0.25) is 9.79 Å². The molecule has 5 nitrogen and oxygen atoms in total. The summed E-state index contributed by atoms with van der Waals surface area (Å²) in [6.07, 6.45) is 2.10. The van der Waals surface area contributed by atoms with Crippen molar-refractivity contribution in [1.29, 1.82) is 0 Å². The third-order valence-corrected chi connectivity index (χ3v) is 1.85. The first-order valence-electron chi connectivity index (χ1n) is 4.20. The Labute approximate surface area is 112 Å². The smallest absolute Gasteiger partial charge is 0.861 e. The van der Waals surface area contributed by atoms with Crippen molar-refractivity contribution in [2.45, 2.75) is 26.2 Å². The molecule has 0 spiro atoms. The molecule has 6 heteroatoms. The van der Waals surface area contributed by atoms with Crippen LogP contribution in [0, 0.1) is 5.92 Å². The van der Waals surface area contributed by atoms with Crippen LogP contribution in [0.2, 0.25) is 0 Å². The van der Waals surface area contributed by atoms with Crippen LogP contribution in [0.25, 0.3) is 0 Å². The predicted octanol–water partition coefficient (Wildman–Crippen LogP) is -1.57. The van der Waals surface area contributed by atoms with E-state index in [9.17, 15) is 15.0 Å². The molecular weight excluding hydrogens is 212 g/mol. The van der Waals surface area contributed by atoms with E-state index in [1.54, 1.807) is 0 Å². The van der Waals surface area contributed by atoms with Crippen LogP contribution in [0.15, 0.2) is 9.98 Å². The fraction of sp³-hybridized carbons (Fsp3) is 0.625. The first-order valence-corrected chi connectivity index (χ1v) is 4.20. The van der Waals surface area contributed by atoms with E-state index in [1.165, 1.54) is 0 Å². The molecule has 1 rings (SSSR count). The van der Waals surface area contributed by atoms with Crippen molar-refractivity contribution in [2.75, 3.05) is 0 Å². The topological polar surface area (TPSA) is 87.9 Å². The van der Waals surface area contributed by atoms with Gasteiger partial charge in [0.15, 0.2) is 0 Å². The molecule has 0 radical (unpaired) electrons. The largest absolute Gasteiger partial charge is 2.00 e. The summed E-state index contributed by atoms with van der Waals surface area (Å²) in [6.45, 7) is 1.96. The molecule has 1 unspecified atom stereocenters. The normalized spacial score (nSPS) is 20.9. The molecule has 1 aliphatic rings. The van der Waals surface area contributed by atoms with Gasteiger partial charge in [0.1, 0.15) is 0 Å². The maximum absolute atomic E-state index is 11.1. The maximum atomic E-state index is 11.1. The van der Waals surface area contributed by atoms with Crippen LogP contribution in [0.5, 0.6) is 0 Å².